The lowest BCUT2D eigenvalue weighted by Crippen LogP contribution is -2.26. The van der Waals surface area contributed by atoms with Crippen molar-refractivity contribution in [3.05, 3.63) is 15.6 Å². The van der Waals surface area contributed by atoms with Gasteiger partial charge in [-0.1, -0.05) is 0 Å². The van der Waals surface area contributed by atoms with E-state index in [0.29, 0.717) is 5.92 Å². The third-order valence-corrected chi connectivity index (χ3v) is 4.24. The summed E-state index contributed by atoms with van der Waals surface area (Å²) in [6.45, 7) is 5.68. The first-order valence-corrected chi connectivity index (χ1v) is 6.19. The number of carbonyl (C=O) groups excluding carboxylic acids is 1. The maximum Gasteiger partial charge on any atom is 0.171 e. The molecule has 2 heterocycles. The second kappa shape index (κ2) is 4.41. The van der Waals surface area contributed by atoms with Crippen LogP contribution in [0.5, 0.6) is 0 Å². The molecule has 0 aromatic carbocycles. The number of nitrogens with zero attached hydrogens (tertiary/aromatic N) is 1. The number of piperidine rings is 1. The Morgan fingerprint density at radius 3 is 2.67 bits per heavy atom. The lowest BCUT2D eigenvalue weighted by Gasteiger charge is -2.20. The van der Waals surface area contributed by atoms with E-state index < -0.39 is 0 Å². The highest BCUT2D eigenvalue weighted by Crippen LogP contribution is 2.30. The number of aromatic nitrogens is 1. The smallest absolute Gasteiger partial charge is 0.171 e. The number of thiazole rings is 1. The zero-order chi connectivity index (χ0) is 10.8. The summed E-state index contributed by atoms with van der Waals surface area (Å²) in [7, 11) is 0. The fraction of sp³-hybridized carbons (Fsp3) is 0.636. The van der Waals surface area contributed by atoms with Crippen LogP contribution in [0.4, 0.5) is 0 Å². The monoisotopic (exact) mass is 224 g/mol. The summed E-state index contributed by atoms with van der Waals surface area (Å²) in [5, 5.41) is 4.49. The standard InChI is InChI=1S/C11H16N2OS/c1-7-10(8(2)14)15-11(13-7)9-3-5-12-6-4-9/h9,12H,3-6H2,1-2H3. The van der Waals surface area contributed by atoms with Crippen LogP contribution in [0.1, 0.15) is 46.1 Å². The fourth-order valence-electron chi connectivity index (χ4n) is 1.99. The maximum atomic E-state index is 11.3. The van der Waals surface area contributed by atoms with E-state index in [0.717, 1.165) is 41.5 Å². The number of aryl methyl sites for hydroxylation is 1. The molecule has 0 amide bonds. The second-order valence-corrected chi connectivity index (χ2v) is 5.08. The Morgan fingerprint density at radius 2 is 2.13 bits per heavy atom. The molecule has 0 radical (unpaired) electrons. The molecule has 0 saturated carbocycles. The third-order valence-electron chi connectivity index (χ3n) is 2.82. The first-order chi connectivity index (χ1) is 7.18. The van der Waals surface area contributed by atoms with Crippen LogP contribution in [-0.2, 0) is 0 Å². The number of Topliss-reactive ketones (excluding diaryl/α,β-unsaturated/α-hetero) is 1. The quantitative estimate of drug-likeness (QED) is 0.782. The molecule has 1 fully saturated rings. The van der Waals surface area contributed by atoms with Gasteiger partial charge in [0.15, 0.2) is 5.78 Å². The van der Waals surface area contributed by atoms with Crippen LogP contribution in [0, 0.1) is 6.92 Å². The van der Waals surface area contributed by atoms with Crippen molar-refractivity contribution in [3.8, 4) is 0 Å². The molecule has 82 valence electrons. The van der Waals surface area contributed by atoms with E-state index in [1.165, 1.54) is 0 Å². The van der Waals surface area contributed by atoms with E-state index in [1.807, 2.05) is 6.92 Å². The number of ketones is 1. The van der Waals surface area contributed by atoms with Crippen LogP contribution in [0.15, 0.2) is 0 Å². The highest BCUT2D eigenvalue weighted by Gasteiger charge is 2.21. The van der Waals surface area contributed by atoms with Gasteiger partial charge in [0, 0.05) is 12.8 Å². The van der Waals surface area contributed by atoms with E-state index in [-0.39, 0.29) is 5.78 Å². The van der Waals surface area contributed by atoms with Crippen molar-refractivity contribution in [2.24, 2.45) is 0 Å². The van der Waals surface area contributed by atoms with Crippen molar-refractivity contribution in [2.75, 3.05) is 13.1 Å². The highest BCUT2D eigenvalue weighted by molar-refractivity contribution is 7.13. The van der Waals surface area contributed by atoms with Gasteiger partial charge in [-0.15, -0.1) is 11.3 Å². The zero-order valence-corrected chi connectivity index (χ0v) is 9.99. The highest BCUT2D eigenvalue weighted by atomic mass is 32.1. The molecule has 2 rings (SSSR count). The average molecular weight is 224 g/mol. The number of hydrogen-bond acceptors (Lipinski definition) is 4. The summed E-state index contributed by atoms with van der Waals surface area (Å²) >= 11 is 1.59. The minimum absolute atomic E-state index is 0.144. The molecule has 1 aromatic rings. The van der Waals surface area contributed by atoms with Gasteiger partial charge in [0.05, 0.1) is 15.6 Å². The molecule has 15 heavy (non-hydrogen) atoms. The summed E-state index contributed by atoms with van der Waals surface area (Å²) in [4.78, 5) is 16.7. The first-order valence-electron chi connectivity index (χ1n) is 5.37. The molecule has 3 nitrogen and oxygen atoms in total. The van der Waals surface area contributed by atoms with Gasteiger partial charge < -0.3 is 5.32 Å². The molecular weight excluding hydrogens is 208 g/mol. The van der Waals surface area contributed by atoms with Gasteiger partial charge in [-0.05, 0) is 32.9 Å². The molecule has 0 bridgehead atoms. The SMILES string of the molecule is CC(=O)c1sc(C2CCNCC2)nc1C. The molecule has 1 N–H and O–H groups in total. The van der Waals surface area contributed by atoms with Crippen molar-refractivity contribution in [1.29, 1.82) is 0 Å². The summed E-state index contributed by atoms with van der Waals surface area (Å²) < 4.78 is 0. The van der Waals surface area contributed by atoms with E-state index in [1.54, 1.807) is 18.3 Å². The Bertz CT molecular complexity index is 367. The van der Waals surface area contributed by atoms with Crippen LogP contribution < -0.4 is 5.32 Å². The first kappa shape index (κ1) is 10.8. The predicted molar refractivity (Wildman–Crippen MR) is 61.7 cm³/mol. The Hall–Kier alpha value is -0.740. The molecule has 1 aromatic heterocycles. The molecule has 0 spiro atoms. The Labute approximate surface area is 93.9 Å². The van der Waals surface area contributed by atoms with Crippen molar-refractivity contribution in [2.45, 2.75) is 32.6 Å². The minimum atomic E-state index is 0.144. The Morgan fingerprint density at radius 1 is 1.47 bits per heavy atom. The molecule has 4 heteroatoms. The molecule has 0 unspecified atom stereocenters. The van der Waals surface area contributed by atoms with Crippen LogP contribution in [0.25, 0.3) is 0 Å². The average Bonchev–Trinajstić information content (AvgIpc) is 2.62. The number of nitrogens with one attached hydrogen (secondary N) is 1. The molecule has 1 saturated heterocycles. The Balaban J connectivity index is 2.21. The van der Waals surface area contributed by atoms with Gasteiger partial charge in [0.1, 0.15) is 0 Å². The van der Waals surface area contributed by atoms with Gasteiger partial charge in [-0.25, -0.2) is 4.98 Å². The van der Waals surface area contributed by atoms with E-state index in [4.69, 9.17) is 0 Å². The topological polar surface area (TPSA) is 42.0 Å². The number of carbonyl (C=O) groups is 1. The van der Waals surface area contributed by atoms with Crippen LogP contribution in [0.2, 0.25) is 0 Å². The summed E-state index contributed by atoms with van der Waals surface area (Å²) in [6.07, 6.45) is 2.29. The number of rotatable bonds is 2. The molecule has 0 atom stereocenters. The second-order valence-electron chi connectivity index (χ2n) is 4.05. The molecule has 0 aliphatic carbocycles. The maximum absolute atomic E-state index is 11.3. The zero-order valence-electron chi connectivity index (χ0n) is 9.17. The minimum Gasteiger partial charge on any atom is -0.317 e. The Kier molecular flexibility index (Phi) is 3.17. The van der Waals surface area contributed by atoms with Gasteiger partial charge in [-0.2, -0.15) is 0 Å². The van der Waals surface area contributed by atoms with Crippen molar-refractivity contribution in [3.63, 3.8) is 0 Å². The van der Waals surface area contributed by atoms with E-state index >= 15 is 0 Å². The largest absolute Gasteiger partial charge is 0.317 e. The van der Waals surface area contributed by atoms with Gasteiger partial charge in [0.25, 0.3) is 0 Å². The summed E-state index contributed by atoms with van der Waals surface area (Å²) in [6, 6.07) is 0. The van der Waals surface area contributed by atoms with Crippen LogP contribution in [-0.4, -0.2) is 23.9 Å². The number of hydrogen-bond donors (Lipinski definition) is 1. The summed E-state index contributed by atoms with van der Waals surface area (Å²) in [5.41, 5.74) is 0.904. The molecule has 1 aliphatic heterocycles. The molecular formula is C11H16N2OS. The fourth-order valence-corrected chi connectivity index (χ4v) is 3.12. The van der Waals surface area contributed by atoms with Gasteiger partial charge in [-0.3, -0.25) is 4.79 Å². The lowest BCUT2D eigenvalue weighted by molar-refractivity contribution is 0.102. The predicted octanol–water partition coefficient (Wildman–Crippen LogP) is 2.12. The van der Waals surface area contributed by atoms with Crippen molar-refractivity contribution < 1.29 is 4.79 Å². The van der Waals surface area contributed by atoms with Gasteiger partial charge in [0.2, 0.25) is 0 Å². The van der Waals surface area contributed by atoms with Crippen molar-refractivity contribution >= 4 is 17.1 Å². The van der Waals surface area contributed by atoms with Gasteiger partial charge >= 0.3 is 0 Å². The van der Waals surface area contributed by atoms with Crippen molar-refractivity contribution in [1.82, 2.24) is 10.3 Å². The summed E-state index contributed by atoms with van der Waals surface area (Å²) in [5.74, 6) is 0.702. The van der Waals surface area contributed by atoms with Crippen LogP contribution >= 0.6 is 11.3 Å². The molecule has 1 aliphatic rings. The van der Waals surface area contributed by atoms with E-state index in [9.17, 15) is 4.79 Å². The normalized spacial score (nSPS) is 18.0. The van der Waals surface area contributed by atoms with E-state index in [2.05, 4.69) is 10.3 Å². The third kappa shape index (κ3) is 2.26. The van der Waals surface area contributed by atoms with Crippen LogP contribution in [0.3, 0.4) is 0 Å². The lowest BCUT2D eigenvalue weighted by atomic mass is 9.99.